The normalized spacial score (nSPS) is 23.8. The van der Waals surface area contributed by atoms with Gasteiger partial charge in [0.2, 0.25) is 17.7 Å². The first-order valence-electron chi connectivity index (χ1n) is 7.83. The molecular formula is C16H18BrN3O3. The lowest BCUT2D eigenvalue weighted by molar-refractivity contribution is -0.140. The van der Waals surface area contributed by atoms with E-state index in [1.165, 1.54) is 4.90 Å². The van der Waals surface area contributed by atoms with Gasteiger partial charge in [0.1, 0.15) is 5.82 Å². The molecule has 0 radical (unpaired) electrons. The lowest BCUT2D eigenvalue weighted by atomic mass is 9.81. The standard InChI is InChI=1S/C16H18BrN3O3/c17-10-5-6-13(18-9-10)19-14(21)7-8-20-15(22)11-3-1-2-4-12(11)16(20)23/h5-6,9,11-12H,1-4,7-8H2,(H,18,19,21). The zero-order valence-electron chi connectivity index (χ0n) is 12.6. The molecule has 3 rings (SSSR count). The van der Waals surface area contributed by atoms with Crippen LogP contribution in [0.15, 0.2) is 22.8 Å². The van der Waals surface area contributed by atoms with E-state index in [9.17, 15) is 14.4 Å². The molecule has 0 spiro atoms. The van der Waals surface area contributed by atoms with Crippen molar-refractivity contribution in [3.63, 3.8) is 0 Å². The third-order valence-electron chi connectivity index (χ3n) is 4.49. The van der Waals surface area contributed by atoms with Crippen LogP contribution in [0, 0.1) is 11.8 Å². The van der Waals surface area contributed by atoms with Gasteiger partial charge in [-0.15, -0.1) is 0 Å². The molecule has 1 aliphatic heterocycles. The maximum Gasteiger partial charge on any atom is 0.233 e. The molecule has 0 bridgehead atoms. The van der Waals surface area contributed by atoms with Crippen LogP contribution in [0.1, 0.15) is 32.1 Å². The Bertz CT molecular complexity index is 608. The highest BCUT2D eigenvalue weighted by Gasteiger charge is 2.47. The van der Waals surface area contributed by atoms with E-state index < -0.39 is 0 Å². The highest BCUT2D eigenvalue weighted by molar-refractivity contribution is 9.10. The Kier molecular flexibility index (Phi) is 4.75. The smallest absolute Gasteiger partial charge is 0.233 e. The van der Waals surface area contributed by atoms with Crippen molar-refractivity contribution in [1.82, 2.24) is 9.88 Å². The summed E-state index contributed by atoms with van der Waals surface area (Å²) in [4.78, 5) is 41.9. The molecule has 3 amide bonds. The fourth-order valence-corrected chi connectivity index (χ4v) is 3.55. The molecular weight excluding hydrogens is 362 g/mol. The van der Waals surface area contributed by atoms with Crippen LogP contribution < -0.4 is 5.32 Å². The van der Waals surface area contributed by atoms with Crippen LogP contribution in [-0.4, -0.2) is 34.2 Å². The molecule has 2 aliphatic rings. The number of pyridine rings is 1. The number of anilines is 1. The molecule has 1 saturated heterocycles. The number of carbonyl (C=O) groups is 3. The summed E-state index contributed by atoms with van der Waals surface area (Å²) in [6.07, 6.45) is 5.28. The Morgan fingerprint density at radius 3 is 2.43 bits per heavy atom. The Labute approximate surface area is 142 Å². The average Bonchev–Trinajstić information content (AvgIpc) is 2.80. The van der Waals surface area contributed by atoms with Crippen LogP contribution in [0.25, 0.3) is 0 Å². The molecule has 1 aromatic heterocycles. The minimum absolute atomic E-state index is 0.0919. The highest BCUT2D eigenvalue weighted by atomic mass is 79.9. The maximum absolute atomic E-state index is 12.3. The van der Waals surface area contributed by atoms with E-state index in [0.717, 1.165) is 30.2 Å². The largest absolute Gasteiger partial charge is 0.311 e. The number of imide groups is 1. The number of nitrogens with one attached hydrogen (secondary N) is 1. The molecule has 6 nitrogen and oxygen atoms in total. The molecule has 23 heavy (non-hydrogen) atoms. The summed E-state index contributed by atoms with van der Waals surface area (Å²) in [7, 11) is 0. The number of likely N-dealkylation sites (tertiary alicyclic amines) is 1. The van der Waals surface area contributed by atoms with Gasteiger partial charge < -0.3 is 5.32 Å². The van der Waals surface area contributed by atoms with Gasteiger partial charge in [-0.1, -0.05) is 12.8 Å². The van der Waals surface area contributed by atoms with Gasteiger partial charge in [0, 0.05) is 23.6 Å². The number of hydrogen-bond donors (Lipinski definition) is 1. The second-order valence-electron chi connectivity index (χ2n) is 5.99. The molecule has 2 atom stereocenters. The van der Waals surface area contributed by atoms with Gasteiger partial charge in [0.05, 0.1) is 11.8 Å². The molecule has 1 saturated carbocycles. The quantitative estimate of drug-likeness (QED) is 0.814. The molecule has 7 heteroatoms. The fraction of sp³-hybridized carbons (Fsp3) is 0.500. The number of fused-ring (bicyclic) bond motifs is 1. The van der Waals surface area contributed by atoms with Crippen LogP contribution in [0.2, 0.25) is 0 Å². The lowest BCUT2D eigenvalue weighted by Gasteiger charge is -2.19. The second-order valence-corrected chi connectivity index (χ2v) is 6.90. The summed E-state index contributed by atoms with van der Waals surface area (Å²) in [6, 6.07) is 3.46. The second kappa shape index (κ2) is 6.78. The van der Waals surface area contributed by atoms with Crippen LogP contribution in [0.3, 0.4) is 0 Å². The van der Waals surface area contributed by atoms with Gasteiger partial charge in [-0.3, -0.25) is 19.3 Å². The van der Waals surface area contributed by atoms with E-state index in [4.69, 9.17) is 0 Å². The minimum Gasteiger partial charge on any atom is -0.311 e. The summed E-state index contributed by atoms with van der Waals surface area (Å²) < 4.78 is 0.825. The molecule has 122 valence electrons. The Morgan fingerprint density at radius 1 is 1.22 bits per heavy atom. The molecule has 0 aromatic carbocycles. The number of halogens is 1. The Hall–Kier alpha value is -1.76. The van der Waals surface area contributed by atoms with Gasteiger partial charge >= 0.3 is 0 Å². The van der Waals surface area contributed by atoms with Crippen molar-refractivity contribution in [1.29, 1.82) is 0 Å². The predicted octanol–water partition coefficient (Wildman–Crippen LogP) is 2.35. The Morgan fingerprint density at radius 2 is 1.87 bits per heavy atom. The summed E-state index contributed by atoms with van der Waals surface area (Å²) in [6.45, 7) is 0.146. The molecule has 2 fully saturated rings. The van der Waals surface area contributed by atoms with Gasteiger partial charge in [-0.05, 0) is 40.9 Å². The SMILES string of the molecule is O=C(CCN1C(=O)C2CCCCC2C1=O)Nc1ccc(Br)cn1. The van der Waals surface area contributed by atoms with E-state index in [-0.39, 0.29) is 42.5 Å². The number of amides is 3. The zero-order chi connectivity index (χ0) is 16.4. The van der Waals surface area contributed by atoms with Gasteiger partial charge in [0.15, 0.2) is 0 Å². The van der Waals surface area contributed by atoms with E-state index in [2.05, 4.69) is 26.2 Å². The molecule has 1 N–H and O–H groups in total. The van der Waals surface area contributed by atoms with Crippen LogP contribution in [0.4, 0.5) is 5.82 Å². The fourth-order valence-electron chi connectivity index (χ4n) is 3.32. The minimum atomic E-state index is -0.254. The number of hydrogen-bond acceptors (Lipinski definition) is 4. The topological polar surface area (TPSA) is 79.4 Å². The van der Waals surface area contributed by atoms with Crippen molar-refractivity contribution in [2.24, 2.45) is 11.8 Å². The third-order valence-corrected chi connectivity index (χ3v) is 4.96. The van der Waals surface area contributed by atoms with Crippen molar-refractivity contribution in [2.45, 2.75) is 32.1 Å². The molecule has 2 unspecified atom stereocenters. The van der Waals surface area contributed by atoms with E-state index in [0.29, 0.717) is 5.82 Å². The van der Waals surface area contributed by atoms with Crippen LogP contribution in [0.5, 0.6) is 0 Å². The van der Waals surface area contributed by atoms with Crippen molar-refractivity contribution in [3.8, 4) is 0 Å². The molecule has 1 aromatic rings. The van der Waals surface area contributed by atoms with Gasteiger partial charge in [0.25, 0.3) is 0 Å². The van der Waals surface area contributed by atoms with Gasteiger partial charge in [-0.2, -0.15) is 0 Å². The predicted molar refractivity (Wildman–Crippen MR) is 87.4 cm³/mol. The molecule has 2 heterocycles. The van der Waals surface area contributed by atoms with Crippen LogP contribution in [-0.2, 0) is 14.4 Å². The zero-order valence-corrected chi connectivity index (χ0v) is 14.2. The Balaban J connectivity index is 1.55. The number of aromatic nitrogens is 1. The summed E-state index contributed by atoms with van der Waals surface area (Å²) in [5, 5.41) is 2.67. The average molecular weight is 380 g/mol. The maximum atomic E-state index is 12.3. The van der Waals surface area contributed by atoms with Gasteiger partial charge in [-0.25, -0.2) is 4.98 Å². The van der Waals surface area contributed by atoms with Crippen molar-refractivity contribution < 1.29 is 14.4 Å². The summed E-state index contributed by atoms with van der Waals surface area (Å²) >= 11 is 3.27. The number of rotatable bonds is 4. The van der Waals surface area contributed by atoms with E-state index >= 15 is 0 Å². The molecule has 1 aliphatic carbocycles. The lowest BCUT2D eigenvalue weighted by Crippen LogP contribution is -2.34. The number of nitrogens with zero attached hydrogens (tertiary/aromatic N) is 2. The highest BCUT2D eigenvalue weighted by Crippen LogP contribution is 2.37. The first-order chi connectivity index (χ1) is 11.1. The first kappa shape index (κ1) is 16.1. The van der Waals surface area contributed by atoms with Crippen molar-refractivity contribution in [2.75, 3.05) is 11.9 Å². The number of carbonyl (C=O) groups excluding carboxylic acids is 3. The third kappa shape index (κ3) is 3.44. The van der Waals surface area contributed by atoms with Crippen LogP contribution >= 0.6 is 15.9 Å². The van der Waals surface area contributed by atoms with Crippen molar-refractivity contribution in [3.05, 3.63) is 22.8 Å². The summed E-state index contributed by atoms with van der Waals surface area (Å²) in [5.74, 6) is -0.329. The van der Waals surface area contributed by atoms with Crippen molar-refractivity contribution >= 4 is 39.5 Å². The summed E-state index contributed by atoms with van der Waals surface area (Å²) in [5.41, 5.74) is 0. The van der Waals surface area contributed by atoms with E-state index in [1.807, 2.05) is 0 Å². The van der Waals surface area contributed by atoms with E-state index in [1.54, 1.807) is 18.3 Å². The first-order valence-corrected chi connectivity index (χ1v) is 8.62. The monoisotopic (exact) mass is 379 g/mol.